The number of rotatable bonds is 8. The van der Waals surface area contributed by atoms with E-state index in [1.165, 1.54) is 32.2 Å². The Morgan fingerprint density at radius 3 is 2.19 bits per heavy atom. The van der Waals surface area contributed by atoms with Crippen LogP contribution in [0.4, 0.5) is 0 Å². The van der Waals surface area contributed by atoms with Crippen molar-refractivity contribution in [1.29, 1.82) is 0 Å². The molecule has 2 fully saturated rings. The van der Waals surface area contributed by atoms with E-state index in [4.69, 9.17) is 14.2 Å². The molecule has 0 bridgehead atoms. The second-order valence-corrected chi connectivity index (χ2v) is 10.2. The van der Waals surface area contributed by atoms with Gasteiger partial charge in [0, 0.05) is 57.5 Å². The van der Waals surface area contributed by atoms with Gasteiger partial charge < -0.3 is 24.0 Å². The lowest BCUT2D eigenvalue weighted by Crippen LogP contribution is -2.48. The van der Waals surface area contributed by atoms with Gasteiger partial charge in [-0.2, -0.15) is 0 Å². The summed E-state index contributed by atoms with van der Waals surface area (Å²) in [5.41, 5.74) is 1.75. The van der Waals surface area contributed by atoms with E-state index in [1.807, 2.05) is 55.6 Å². The fourth-order valence-electron chi connectivity index (χ4n) is 5.89. The van der Waals surface area contributed by atoms with Crippen molar-refractivity contribution < 1.29 is 19.0 Å². The molecule has 3 aliphatic rings. The van der Waals surface area contributed by atoms with Gasteiger partial charge in [0.15, 0.2) is 0 Å². The lowest BCUT2D eigenvalue weighted by Gasteiger charge is -2.38. The highest BCUT2D eigenvalue weighted by molar-refractivity contribution is 5.86. The SMILES string of the molecule is COC1CCCC(CN2CCN(CCCOC(=O)C3c4ccccc4Oc4ccccc43)CC2)C1.Cl.Cl. The van der Waals surface area contributed by atoms with Crippen molar-refractivity contribution in [2.24, 2.45) is 5.92 Å². The molecule has 8 heteroatoms. The van der Waals surface area contributed by atoms with Crippen LogP contribution in [0.15, 0.2) is 48.5 Å². The average molecular weight is 552 g/mol. The summed E-state index contributed by atoms with van der Waals surface area (Å²) in [5.74, 6) is 1.62. The summed E-state index contributed by atoms with van der Waals surface area (Å²) in [4.78, 5) is 18.3. The van der Waals surface area contributed by atoms with Gasteiger partial charge in [-0.3, -0.25) is 4.79 Å². The van der Waals surface area contributed by atoms with E-state index in [0.29, 0.717) is 12.7 Å². The summed E-state index contributed by atoms with van der Waals surface area (Å²) >= 11 is 0. The van der Waals surface area contributed by atoms with Crippen molar-refractivity contribution in [3.63, 3.8) is 0 Å². The fourth-order valence-corrected chi connectivity index (χ4v) is 5.89. The first kappa shape index (κ1) is 29.7. The predicted octanol–water partition coefficient (Wildman–Crippen LogP) is 5.52. The minimum atomic E-state index is -0.433. The first-order valence-corrected chi connectivity index (χ1v) is 13.2. The average Bonchev–Trinajstić information content (AvgIpc) is 2.90. The summed E-state index contributed by atoms with van der Waals surface area (Å²) in [7, 11) is 1.85. The van der Waals surface area contributed by atoms with Gasteiger partial charge in [-0.1, -0.05) is 42.8 Å². The molecule has 2 aliphatic heterocycles. The van der Waals surface area contributed by atoms with E-state index in [9.17, 15) is 4.79 Å². The second-order valence-electron chi connectivity index (χ2n) is 10.2. The van der Waals surface area contributed by atoms with Crippen LogP contribution >= 0.6 is 24.8 Å². The Kier molecular flexibility index (Phi) is 11.5. The minimum absolute atomic E-state index is 0. The van der Waals surface area contributed by atoms with Crippen molar-refractivity contribution in [3.05, 3.63) is 59.7 Å². The predicted molar refractivity (Wildman–Crippen MR) is 151 cm³/mol. The van der Waals surface area contributed by atoms with Gasteiger partial charge in [0.2, 0.25) is 0 Å². The molecular weight excluding hydrogens is 511 g/mol. The highest BCUT2D eigenvalue weighted by atomic mass is 35.5. The van der Waals surface area contributed by atoms with Gasteiger partial charge in [-0.05, 0) is 43.7 Å². The minimum Gasteiger partial charge on any atom is -0.465 e. The van der Waals surface area contributed by atoms with E-state index in [-0.39, 0.29) is 30.8 Å². The number of nitrogens with zero attached hydrogens (tertiary/aromatic N) is 2. The van der Waals surface area contributed by atoms with Gasteiger partial charge in [-0.15, -0.1) is 24.8 Å². The molecule has 6 nitrogen and oxygen atoms in total. The Balaban J connectivity index is 0.00000190. The molecule has 1 aliphatic carbocycles. The number of para-hydroxylation sites is 2. The van der Waals surface area contributed by atoms with Crippen LogP contribution in [0.3, 0.4) is 0 Å². The number of esters is 1. The number of benzene rings is 2. The second kappa shape index (κ2) is 14.4. The maximum absolute atomic E-state index is 13.1. The van der Waals surface area contributed by atoms with E-state index < -0.39 is 5.92 Å². The maximum atomic E-state index is 13.1. The van der Waals surface area contributed by atoms with Crippen molar-refractivity contribution in [2.45, 2.75) is 44.1 Å². The quantitative estimate of drug-likeness (QED) is 0.318. The number of fused-ring (bicyclic) bond motifs is 2. The zero-order valence-electron chi connectivity index (χ0n) is 21.7. The fraction of sp³-hybridized carbons (Fsp3) is 0.552. The van der Waals surface area contributed by atoms with E-state index in [0.717, 1.165) is 67.7 Å². The summed E-state index contributed by atoms with van der Waals surface area (Å²) < 4.78 is 17.4. The van der Waals surface area contributed by atoms with Crippen molar-refractivity contribution in [3.8, 4) is 11.5 Å². The Hall–Kier alpha value is -1.83. The number of carbonyl (C=O) groups excluding carboxylic acids is 1. The molecule has 2 aromatic carbocycles. The van der Waals surface area contributed by atoms with Crippen LogP contribution in [0.2, 0.25) is 0 Å². The van der Waals surface area contributed by atoms with Crippen molar-refractivity contribution in [1.82, 2.24) is 9.80 Å². The van der Waals surface area contributed by atoms with Crippen LogP contribution < -0.4 is 4.74 Å². The Morgan fingerprint density at radius 2 is 1.54 bits per heavy atom. The summed E-state index contributed by atoms with van der Waals surface area (Å²) in [6.45, 7) is 7.06. The van der Waals surface area contributed by atoms with Crippen LogP contribution in [0, 0.1) is 5.92 Å². The molecule has 1 saturated carbocycles. The number of ether oxygens (including phenoxy) is 3. The van der Waals surface area contributed by atoms with E-state index in [2.05, 4.69) is 9.80 Å². The molecule has 1 saturated heterocycles. The summed E-state index contributed by atoms with van der Waals surface area (Å²) in [6, 6.07) is 15.5. The number of methoxy groups -OCH3 is 1. The molecule has 2 aromatic rings. The van der Waals surface area contributed by atoms with Crippen LogP contribution in [0.5, 0.6) is 11.5 Å². The molecule has 2 atom stereocenters. The molecule has 204 valence electrons. The highest BCUT2D eigenvalue weighted by Crippen LogP contribution is 2.44. The third-order valence-corrected chi connectivity index (χ3v) is 7.83. The van der Waals surface area contributed by atoms with Crippen molar-refractivity contribution >= 4 is 30.8 Å². The van der Waals surface area contributed by atoms with Gasteiger partial charge in [0.25, 0.3) is 0 Å². The first-order valence-electron chi connectivity index (χ1n) is 13.2. The largest absolute Gasteiger partial charge is 0.465 e. The number of hydrogen-bond acceptors (Lipinski definition) is 6. The molecular formula is C29H40Cl2N2O4. The zero-order valence-corrected chi connectivity index (χ0v) is 23.3. The normalized spacial score (nSPS) is 22.0. The Morgan fingerprint density at radius 1 is 0.919 bits per heavy atom. The molecule has 2 unspecified atom stereocenters. The summed E-state index contributed by atoms with van der Waals surface area (Å²) in [6.07, 6.45) is 6.39. The molecule has 0 radical (unpaired) electrons. The Labute approximate surface area is 233 Å². The van der Waals surface area contributed by atoms with Crippen LogP contribution in [-0.2, 0) is 14.3 Å². The third-order valence-electron chi connectivity index (χ3n) is 7.83. The monoisotopic (exact) mass is 550 g/mol. The van der Waals surface area contributed by atoms with Gasteiger partial charge >= 0.3 is 5.97 Å². The smallest absolute Gasteiger partial charge is 0.318 e. The number of carbonyl (C=O) groups is 1. The van der Waals surface area contributed by atoms with Crippen LogP contribution in [-0.4, -0.2) is 74.9 Å². The zero-order chi connectivity index (χ0) is 24.0. The van der Waals surface area contributed by atoms with Gasteiger partial charge in [0.1, 0.15) is 17.4 Å². The van der Waals surface area contributed by atoms with Crippen LogP contribution in [0.25, 0.3) is 0 Å². The Bertz CT molecular complexity index is 954. The maximum Gasteiger partial charge on any atom is 0.318 e. The third kappa shape index (κ3) is 7.39. The summed E-state index contributed by atoms with van der Waals surface area (Å²) in [5, 5.41) is 0. The molecule has 0 amide bonds. The van der Waals surface area contributed by atoms with Crippen LogP contribution in [0.1, 0.15) is 49.1 Å². The number of hydrogen-bond donors (Lipinski definition) is 0. The lowest BCUT2D eigenvalue weighted by molar-refractivity contribution is -0.144. The molecule has 5 rings (SSSR count). The molecule has 0 N–H and O–H groups in total. The topological polar surface area (TPSA) is 51.2 Å². The molecule has 37 heavy (non-hydrogen) atoms. The lowest BCUT2D eigenvalue weighted by atomic mass is 9.86. The number of piperazine rings is 1. The van der Waals surface area contributed by atoms with Gasteiger partial charge in [0.05, 0.1) is 12.7 Å². The van der Waals surface area contributed by atoms with E-state index >= 15 is 0 Å². The first-order chi connectivity index (χ1) is 17.2. The number of halogens is 2. The standard InChI is InChI=1S/C29H38N2O4.2ClH/c1-33-23-9-6-8-22(20-23)21-31-17-15-30(16-18-31)14-7-19-34-29(32)28-24-10-2-4-12-26(24)35-27-13-5-3-11-25(27)28;;/h2-5,10-13,22-23,28H,6-9,14-21H2,1H3;2*1H. The highest BCUT2D eigenvalue weighted by Gasteiger charge is 2.33. The van der Waals surface area contributed by atoms with Crippen molar-refractivity contribution in [2.75, 3.05) is 53.0 Å². The molecule has 0 aromatic heterocycles. The molecule has 0 spiro atoms. The molecule has 2 heterocycles. The van der Waals surface area contributed by atoms with E-state index in [1.54, 1.807) is 0 Å². The van der Waals surface area contributed by atoms with Gasteiger partial charge in [-0.25, -0.2) is 0 Å².